The largest absolute Gasteiger partial charge is 0.481 e. The van der Waals surface area contributed by atoms with Gasteiger partial charge >= 0.3 is 5.97 Å². The van der Waals surface area contributed by atoms with E-state index >= 15 is 0 Å². The molecule has 104 valence electrons. The van der Waals surface area contributed by atoms with E-state index in [9.17, 15) is 9.59 Å². The summed E-state index contributed by atoms with van der Waals surface area (Å²) >= 11 is 0. The molecule has 1 fully saturated rings. The standard InChI is InChI=1S/C14H25NO3/c1-11-6-5-7-12(10-11)14(18)15-9-4-2-3-8-13(16)17/h11-12H,2-10H2,1H3,(H,15,18)(H,16,17)/t11-,12+/m0/s1. The average molecular weight is 255 g/mol. The first kappa shape index (κ1) is 15.0. The first-order valence-electron chi connectivity index (χ1n) is 7.09. The highest BCUT2D eigenvalue weighted by Crippen LogP contribution is 2.28. The maximum Gasteiger partial charge on any atom is 0.303 e. The minimum absolute atomic E-state index is 0.194. The molecule has 0 saturated heterocycles. The third-order valence-electron chi connectivity index (χ3n) is 3.67. The molecule has 0 unspecified atom stereocenters. The number of carboxylic acid groups (broad SMARTS) is 1. The highest BCUT2D eigenvalue weighted by Gasteiger charge is 2.24. The summed E-state index contributed by atoms with van der Waals surface area (Å²) in [6.07, 6.45) is 7.13. The van der Waals surface area contributed by atoms with Crippen LogP contribution in [0.15, 0.2) is 0 Å². The number of carbonyl (C=O) groups excluding carboxylic acids is 1. The lowest BCUT2D eigenvalue weighted by Gasteiger charge is -2.25. The van der Waals surface area contributed by atoms with Gasteiger partial charge in [-0.1, -0.05) is 26.2 Å². The van der Waals surface area contributed by atoms with Crippen LogP contribution in [0.3, 0.4) is 0 Å². The molecular weight excluding hydrogens is 230 g/mol. The second kappa shape index (κ2) is 8.11. The second-order valence-corrected chi connectivity index (χ2v) is 5.46. The lowest BCUT2D eigenvalue weighted by molar-refractivity contribution is -0.137. The Morgan fingerprint density at radius 3 is 2.67 bits per heavy atom. The van der Waals surface area contributed by atoms with Crippen molar-refractivity contribution in [3.05, 3.63) is 0 Å². The van der Waals surface area contributed by atoms with Gasteiger partial charge in [-0.15, -0.1) is 0 Å². The molecule has 0 bridgehead atoms. The van der Waals surface area contributed by atoms with Crippen LogP contribution in [-0.4, -0.2) is 23.5 Å². The van der Waals surface area contributed by atoms with E-state index in [2.05, 4.69) is 12.2 Å². The van der Waals surface area contributed by atoms with Crippen molar-refractivity contribution in [1.29, 1.82) is 0 Å². The minimum Gasteiger partial charge on any atom is -0.481 e. The summed E-state index contributed by atoms with van der Waals surface area (Å²) in [5.74, 6) is 0.327. The van der Waals surface area contributed by atoms with Crippen molar-refractivity contribution < 1.29 is 14.7 Å². The van der Waals surface area contributed by atoms with Crippen molar-refractivity contribution in [1.82, 2.24) is 5.32 Å². The summed E-state index contributed by atoms with van der Waals surface area (Å²) in [5.41, 5.74) is 0. The normalized spacial score (nSPS) is 23.6. The van der Waals surface area contributed by atoms with Crippen LogP contribution < -0.4 is 5.32 Å². The van der Waals surface area contributed by atoms with Gasteiger partial charge in [-0.3, -0.25) is 9.59 Å². The number of nitrogens with one attached hydrogen (secondary N) is 1. The maximum absolute atomic E-state index is 11.9. The van der Waals surface area contributed by atoms with E-state index in [-0.39, 0.29) is 18.2 Å². The lowest BCUT2D eigenvalue weighted by atomic mass is 9.82. The van der Waals surface area contributed by atoms with Crippen molar-refractivity contribution in [3.63, 3.8) is 0 Å². The van der Waals surface area contributed by atoms with Gasteiger partial charge in [0.2, 0.25) is 5.91 Å². The van der Waals surface area contributed by atoms with Crippen molar-refractivity contribution in [3.8, 4) is 0 Å². The summed E-state index contributed by atoms with van der Waals surface area (Å²) in [6, 6.07) is 0. The molecule has 4 heteroatoms. The zero-order valence-electron chi connectivity index (χ0n) is 11.3. The maximum atomic E-state index is 11.9. The highest BCUT2D eigenvalue weighted by atomic mass is 16.4. The Balaban J connectivity index is 2.04. The third kappa shape index (κ3) is 6.03. The van der Waals surface area contributed by atoms with Crippen LogP contribution in [0.1, 0.15) is 58.3 Å². The summed E-state index contributed by atoms with van der Waals surface area (Å²) < 4.78 is 0. The monoisotopic (exact) mass is 255 g/mol. The van der Waals surface area contributed by atoms with Crippen molar-refractivity contribution in [2.45, 2.75) is 58.3 Å². The van der Waals surface area contributed by atoms with Crippen LogP contribution in [0.5, 0.6) is 0 Å². The molecular formula is C14H25NO3. The first-order chi connectivity index (χ1) is 8.59. The predicted molar refractivity (Wildman–Crippen MR) is 70.2 cm³/mol. The van der Waals surface area contributed by atoms with E-state index in [1.54, 1.807) is 0 Å². The fraction of sp³-hybridized carbons (Fsp3) is 0.857. The van der Waals surface area contributed by atoms with E-state index in [0.717, 1.165) is 32.1 Å². The van der Waals surface area contributed by atoms with Crippen LogP contribution in [0.4, 0.5) is 0 Å². The molecule has 18 heavy (non-hydrogen) atoms. The van der Waals surface area contributed by atoms with Gasteiger partial charge in [-0.25, -0.2) is 0 Å². The molecule has 0 aromatic rings. The molecule has 2 N–H and O–H groups in total. The molecule has 0 heterocycles. The van der Waals surface area contributed by atoms with Crippen molar-refractivity contribution in [2.24, 2.45) is 11.8 Å². The molecule has 4 nitrogen and oxygen atoms in total. The van der Waals surface area contributed by atoms with Gasteiger partial charge in [0.15, 0.2) is 0 Å². The molecule has 1 amide bonds. The Morgan fingerprint density at radius 2 is 2.00 bits per heavy atom. The van der Waals surface area contributed by atoms with Crippen molar-refractivity contribution >= 4 is 11.9 Å². The van der Waals surface area contributed by atoms with Crippen LogP contribution >= 0.6 is 0 Å². The molecule has 1 rings (SSSR count). The highest BCUT2D eigenvalue weighted by molar-refractivity contribution is 5.78. The Hall–Kier alpha value is -1.06. The van der Waals surface area contributed by atoms with E-state index in [1.807, 2.05) is 0 Å². The first-order valence-corrected chi connectivity index (χ1v) is 7.09. The number of rotatable bonds is 7. The number of carboxylic acids is 1. The van der Waals surface area contributed by atoms with Gasteiger partial charge in [-0.05, 0) is 31.6 Å². The van der Waals surface area contributed by atoms with Gasteiger partial charge in [0.1, 0.15) is 0 Å². The lowest BCUT2D eigenvalue weighted by Crippen LogP contribution is -2.34. The van der Waals surface area contributed by atoms with E-state index < -0.39 is 5.97 Å². The minimum atomic E-state index is -0.741. The molecule has 0 radical (unpaired) electrons. The Labute approximate surface area is 109 Å². The summed E-state index contributed by atoms with van der Waals surface area (Å²) in [4.78, 5) is 22.2. The zero-order valence-corrected chi connectivity index (χ0v) is 11.3. The predicted octanol–water partition coefficient (Wildman–Crippen LogP) is 2.57. The number of unbranched alkanes of at least 4 members (excludes halogenated alkanes) is 2. The topological polar surface area (TPSA) is 66.4 Å². The van der Waals surface area contributed by atoms with E-state index in [1.165, 1.54) is 6.42 Å². The van der Waals surface area contributed by atoms with Crippen LogP contribution in [-0.2, 0) is 9.59 Å². The second-order valence-electron chi connectivity index (χ2n) is 5.46. The van der Waals surface area contributed by atoms with Crippen LogP contribution in [0.2, 0.25) is 0 Å². The van der Waals surface area contributed by atoms with E-state index in [4.69, 9.17) is 5.11 Å². The molecule has 2 atom stereocenters. The Kier molecular flexibility index (Phi) is 6.76. The number of aliphatic carboxylic acids is 1. The van der Waals surface area contributed by atoms with Gasteiger partial charge in [0.25, 0.3) is 0 Å². The summed E-state index contributed by atoms with van der Waals surface area (Å²) in [7, 11) is 0. The fourth-order valence-corrected chi connectivity index (χ4v) is 2.61. The number of amides is 1. The third-order valence-corrected chi connectivity index (χ3v) is 3.67. The van der Waals surface area contributed by atoms with Gasteiger partial charge in [-0.2, -0.15) is 0 Å². The Morgan fingerprint density at radius 1 is 1.22 bits per heavy atom. The number of hydrogen-bond donors (Lipinski definition) is 2. The fourth-order valence-electron chi connectivity index (χ4n) is 2.61. The zero-order chi connectivity index (χ0) is 13.4. The number of carbonyl (C=O) groups is 2. The molecule has 1 aliphatic carbocycles. The Bertz CT molecular complexity index is 278. The van der Waals surface area contributed by atoms with E-state index in [0.29, 0.717) is 18.9 Å². The van der Waals surface area contributed by atoms with Gasteiger partial charge in [0, 0.05) is 18.9 Å². The van der Waals surface area contributed by atoms with Crippen LogP contribution in [0, 0.1) is 11.8 Å². The summed E-state index contributed by atoms with van der Waals surface area (Å²) in [5, 5.41) is 11.5. The molecule has 0 aromatic carbocycles. The SMILES string of the molecule is C[C@H]1CCC[C@@H](C(=O)NCCCCCC(=O)O)C1. The molecule has 1 aliphatic rings. The number of hydrogen-bond acceptors (Lipinski definition) is 2. The molecule has 0 spiro atoms. The summed E-state index contributed by atoms with van der Waals surface area (Å²) in [6.45, 7) is 2.90. The van der Waals surface area contributed by atoms with Crippen LogP contribution in [0.25, 0.3) is 0 Å². The van der Waals surface area contributed by atoms with Crippen molar-refractivity contribution in [2.75, 3.05) is 6.54 Å². The molecule has 0 aromatic heterocycles. The molecule has 0 aliphatic heterocycles. The quantitative estimate of drug-likeness (QED) is 0.687. The smallest absolute Gasteiger partial charge is 0.303 e. The molecule has 1 saturated carbocycles. The average Bonchev–Trinajstić information content (AvgIpc) is 2.33. The van der Waals surface area contributed by atoms with Gasteiger partial charge < -0.3 is 10.4 Å². The van der Waals surface area contributed by atoms with Gasteiger partial charge in [0.05, 0.1) is 0 Å².